The number of carbonyl (C=O) groups is 1. The first-order chi connectivity index (χ1) is 14.2. The molecule has 1 saturated heterocycles. The Kier molecular flexibility index (Phi) is 5.81. The molecule has 2 aromatic carbocycles. The number of fused-ring (bicyclic) bond motifs is 1. The molecule has 6 heteroatoms. The summed E-state index contributed by atoms with van der Waals surface area (Å²) in [6.45, 7) is 4.67. The van der Waals surface area contributed by atoms with E-state index < -0.39 is 0 Å². The van der Waals surface area contributed by atoms with Crippen molar-refractivity contribution in [1.29, 1.82) is 0 Å². The van der Waals surface area contributed by atoms with Crippen LogP contribution in [0.1, 0.15) is 42.0 Å². The highest BCUT2D eigenvalue weighted by atomic mass is 16.5. The Balaban J connectivity index is 1.61. The first-order valence-corrected chi connectivity index (χ1v) is 10.2. The van der Waals surface area contributed by atoms with Crippen LogP contribution in [-0.2, 0) is 11.3 Å². The molecule has 0 spiro atoms. The van der Waals surface area contributed by atoms with E-state index in [0.717, 1.165) is 42.8 Å². The number of benzene rings is 2. The molecule has 4 rings (SSSR count). The predicted molar refractivity (Wildman–Crippen MR) is 112 cm³/mol. The zero-order valence-electron chi connectivity index (χ0n) is 17.0. The van der Waals surface area contributed by atoms with Gasteiger partial charge in [-0.15, -0.1) is 0 Å². The molecule has 152 valence electrons. The smallest absolute Gasteiger partial charge is 0.254 e. The van der Waals surface area contributed by atoms with Gasteiger partial charge in [-0.1, -0.05) is 18.2 Å². The Hall–Kier alpha value is -2.86. The second-order valence-corrected chi connectivity index (χ2v) is 7.23. The molecule has 1 aliphatic heterocycles. The maximum atomic E-state index is 13.3. The molecule has 0 unspecified atom stereocenters. The highest BCUT2D eigenvalue weighted by molar-refractivity contribution is 5.95. The maximum Gasteiger partial charge on any atom is 0.254 e. The van der Waals surface area contributed by atoms with Crippen LogP contribution >= 0.6 is 0 Å². The number of imidazole rings is 1. The van der Waals surface area contributed by atoms with Crippen molar-refractivity contribution < 1.29 is 14.3 Å². The molecule has 1 aliphatic rings. The number of carbonyl (C=O) groups excluding carboxylic acids is 1. The topological polar surface area (TPSA) is 56.6 Å². The third-order valence-corrected chi connectivity index (χ3v) is 5.45. The number of aromatic nitrogens is 2. The average molecular weight is 393 g/mol. The average Bonchev–Trinajstić information content (AvgIpc) is 3.37. The number of hydrogen-bond donors (Lipinski definition) is 0. The zero-order valence-corrected chi connectivity index (χ0v) is 17.0. The van der Waals surface area contributed by atoms with Crippen LogP contribution in [0.25, 0.3) is 11.0 Å². The van der Waals surface area contributed by atoms with E-state index in [-0.39, 0.29) is 11.9 Å². The molecular formula is C23H27N3O3. The number of amides is 1. The monoisotopic (exact) mass is 393 g/mol. The summed E-state index contributed by atoms with van der Waals surface area (Å²) in [7, 11) is 1.64. The Bertz CT molecular complexity index is 998. The quantitative estimate of drug-likeness (QED) is 0.568. The van der Waals surface area contributed by atoms with E-state index in [1.54, 1.807) is 7.11 Å². The lowest BCUT2D eigenvalue weighted by atomic mass is 10.1. The van der Waals surface area contributed by atoms with Gasteiger partial charge in [-0.25, -0.2) is 4.98 Å². The van der Waals surface area contributed by atoms with E-state index in [2.05, 4.69) is 17.6 Å². The summed E-state index contributed by atoms with van der Waals surface area (Å²) >= 11 is 0. The molecule has 0 N–H and O–H groups in total. The largest absolute Gasteiger partial charge is 0.491 e. The Morgan fingerprint density at radius 1 is 1.17 bits per heavy atom. The van der Waals surface area contributed by atoms with Gasteiger partial charge in [-0.3, -0.25) is 4.79 Å². The normalized spacial score (nSPS) is 16.5. The highest BCUT2D eigenvalue weighted by Gasteiger charge is 2.34. The molecule has 2 heterocycles. The minimum Gasteiger partial charge on any atom is -0.491 e. The molecule has 1 aromatic heterocycles. The van der Waals surface area contributed by atoms with Gasteiger partial charge in [-0.2, -0.15) is 0 Å². The minimum absolute atomic E-state index is 0.00656. The summed E-state index contributed by atoms with van der Waals surface area (Å²) in [6, 6.07) is 15.6. The lowest BCUT2D eigenvalue weighted by molar-refractivity contribution is 0.0727. The summed E-state index contributed by atoms with van der Waals surface area (Å²) in [6.07, 6.45) is 1.91. The standard InChI is InChI=1S/C23H27N3O3/c1-3-25-20-11-5-4-10-19(20)24-22(25)21-12-7-13-26(21)23(27)17-8-6-9-18(16-17)29-15-14-28-2/h4-6,8-11,16,21H,3,7,12-15H2,1-2H3/t21-/m0/s1. The summed E-state index contributed by atoms with van der Waals surface area (Å²) < 4.78 is 12.9. The molecule has 0 radical (unpaired) electrons. The SMILES string of the molecule is CCn1c([C@@H]2CCCN2C(=O)c2cccc(OCCOC)c2)nc2ccccc21. The Labute approximate surface area is 171 Å². The number of methoxy groups -OCH3 is 1. The fourth-order valence-corrected chi connectivity index (χ4v) is 4.09. The molecule has 1 amide bonds. The number of hydrogen-bond acceptors (Lipinski definition) is 4. The van der Waals surface area contributed by atoms with Crippen LogP contribution in [0.5, 0.6) is 5.75 Å². The van der Waals surface area contributed by atoms with Crippen LogP contribution in [0.4, 0.5) is 0 Å². The van der Waals surface area contributed by atoms with E-state index in [1.807, 2.05) is 47.4 Å². The molecule has 0 bridgehead atoms. The highest BCUT2D eigenvalue weighted by Crippen LogP contribution is 2.34. The maximum absolute atomic E-state index is 13.3. The lowest BCUT2D eigenvalue weighted by Crippen LogP contribution is -2.32. The number of ether oxygens (including phenoxy) is 2. The Morgan fingerprint density at radius 3 is 2.86 bits per heavy atom. The van der Waals surface area contributed by atoms with Gasteiger partial charge < -0.3 is 18.9 Å². The molecule has 0 saturated carbocycles. The van der Waals surface area contributed by atoms with Crippen molar-refractivity contribution in [3.05, 3.63) is 59.9 Å². The van der Waals surface area contributed by atoms with Crippen molar-refractivity contribution in [1.82, 2.24) is 14.5 Å². The number of likely N-dealkylation sites (tertiary alicyclic amines) is 1. The summed E-state index contributed by atoms with van der Waals surface area (Å²) in [5.41, 5.74) is 2.75. The number of aryl methyl sites for hydroxylation is 1. The Morgan fingerprint density at radius 2 is 2.03 bits per heavy atom. The first-order valence-electron chi connectivity index (χ1n) is 10.2. The number of rotatable bonds is 7. The molecule has 1 atom stereocenters. The van der Waals surface area contributed by atoms with Gasteiger partial charge in [0.15, 0.2) is 0 Å². The van der Waals surface area contributed by atoms with E-state index >= 15 is 0 Å². The molecule has 6 nitrogen and oxygen atoms in total. The van der Waals surface area contributed by atoms with Crippen molar-refractivity contribution in [2.75, 3.05) is 26.9 Å². The second kappa shape index (κ2) is 8.66. The van der Waals surface area contributed by atoms with E-state index in [0.29, 0.717) is 24.5 Å². The zero-order chi connectivity index (χ0) is 20.2. The van der Waals surface area contributed by atoms with Gasteiger partial charge in [0.05, 0.1) is 23.7 Å². The van der Waals surface area contributed by atoms with Crippen molar-refractivity contribution in [3.63, 3.8) is 0 Å². The van der Waals surface area contributed by atoms with Gasteiger partial charge >= 0.3 is 0 Å². The van der Waals surface area contributed by atoms with Gasteiger partial charge in [0.25, 0.3) is 5.91 Å². The summed E-state index contributed by atoms with van der Waals surface area (Å²) in [4.78, 5) is 20.2. The number of nitrogens with zero attached hydrogens (tertiary/aromatic N) is 3. The van der Waals surface area contributed by atoms with Gasteiger partial charge in [0.2, 0.25) is 0 Å². The van der Waals surface area contributed by atoms with Crippen molar-refractivity contribution >= 4 is 16.9 Å². The van der Waals surface area contributed by atoms with E-state index in [4.69, 9.17) is 14.5 Å². The van der Waals surface area contributed by atoms with Gasteiger partial charge in [0, 0.05) is 25.8 Å². The molecular weight excluding hydrogens is 366 g/mol. The molecule has 3 aromatic rings. The first kappa shape index (κ1) is 19.5. The van der Waals surface area contributed by atoms with Crippen LogP contribution in [0.2, 0.25) is 0 Å². The van der Waals surface area contributed by atoms with Crippen molar-refractivity contribution in [3.8, 4) is 5.75 Å². The van der Waals surface area contributed by atoms with Gasteiger partial charge in [0.1, 0.15) is 18.2 Å². The summed E-state index contributed by atoms with van der Waals surface area (Å²) in [5, 5.41) is 0. The van der Waals surface area contributed by atoms with Crippen LogP contribution in [-0.4, -0.2) is 47.2 Å². The van der Waals surface area contributed by atoms with E-state index in [1.165, 1.54) is 0 Å². The second-order valence-electron chi connectivity index (χ2n) is 7.23. The number of para-hydroxylation sites is 2. The predicted octanol–water partition coefficient (Wildman–Crippen LogP) is 4.06. The lowest BCUT2D eigenvalue weighted by Gasteiger charge is -2.25. The molecule has 1 fully saturated rings. The van der Waals surface area contributed by atoms with Gasteiger partial charge in [-0.05, 0) is 50.1 Å². The van der Waals surface area contributed by atoms with Crippen LogP contribution in [0.15, 0.2) is 48.5 Å². The molecule has 0 aliphatic carbocycles. The third kappa shape index (κ3) is 3.85. The van der Waals surface area contributed by atoms with Crippen molar-refractivity contribution in [2.24, 2.45) is 0 Å². The fourth-order valence-electron chi connectivity index (χ4n) is 4.09. The van der Waals surface area contributed by atoms with Crippen LogP contribution in [0, 0.1) is 0 Å². The molecule has 29 heavy (non-hydrogen) atoms. The summed E-state index contributed by atoms with van der Waals surface area (Å²) in [5.74, 6) is 1.69. The van der Waals surface area contributed by atoms with Crippen molar-refractivity contribution in [2.45, 2.75) is 32.4 Å². The van der Waals surface area contributed by atoms with E-state index in [9.17, 15) is 4.79 Å². The minimum atomic E-state index is -0.00656. The van der Waals surface area contributed by atoms with Crippen LogP contribution in [0.3, 0.4) is 0 Å². The third-order valence-electron chi connectivity index (χ3n) is 5.45. The van der Waals surface area contributed by atoms with Crippen LogP contribution < -0.4 is 4.74 Å². The fraction of sp³-hybridized carbons (Fsp3) is 0.391.